The average molecular weight is 347 g/mol. The highest BCUT2D eigenvalue weighted by atomic mass is 32.2. The molecule has 118 valence electrons. The van der Waals surface area contributed by atoms with Gasteiger partial charge in [0.25, 0.3) is 5.91 Å². The monoisotopic (exact) mass is 347 g/mol. The molecule has 1 aromatic heterocycles. The van der Waals surface area contributed by atoms with Crippen LogP contribution in [0.1, 0.15) is 10.4 Å². The Kier molecular flexibility index (Phi) is 4.01. The lowest BCUT2D eigenvalue weighted by Crippen LogP contribution is -2.11. The lowest BCUT2D eigenvalue weighted by molar-refractivity contribution is 0.102. The Morgan fingerprint density at radius 1 is 1.13 bits per heavy atom. The summed E-state index contributed by atoms with van der Waals surface area (Å²) < 4.78 is 25.6. The zero-order valence-corrected chi connectivity index (χ0v) is 13.7. The summed E-state index contributed by atoms with van der Waals surface area (Å²) in [7, 11) is -3.36. The van der Waals surface area contributed by atoms with E-state index in [9.17, 15) is 13.2 Å². The molecule has 0 spiro atoms. The first-order valence-electron chi connectivity index (χ1n) is 6.65. The molecule has 0 aliphatic rings. The van der Waals surface area contributed by atoms with E-state index in [1.807, 2.05) is 6.07 Å². The summed E-state index contributed by atoms with van der Waals surface area (Å²) in [5.74, 6) is -0.205. The highest BCUT2D eigenvalue weighted by Gasteiger charge is 2.10. The van der Waals surface area contributed by atoms with Crippen LogP contribution in [0.4, 0.5) is 10.8 Å². The van der Waals surface area contributed by atoms with Crippen molar-refractivity contribution in [2.75, 3.05) is 16.3 Å². The molecule has 0 atom stereocenters. The van der Waals surface area contributed by atoms with E-state index in [-0.39, 0.29) is 5.91 Å². The average Bonchev–Trinajstić information content (AvgIpc) is 2.87. The number of benzene rings is 2. The largest absolute Gasteiger partial charge is 0.322 e. The molecule has 0 aliphatic carbocycles. The molecule has 0 unspecified atom stereocenters. The molecule has 23 heavy (non-hydrogen) atoms. The SMILES string of the molecule is CS(=O)(=O)Nc1nc2ccc(NC(=O)c3ccccc3)cc2s1. The van der Waals surface area contributed by atoms with Crippen LogP contribution >= 0.6 is 11.3 Å². The number of nitrogens with one attached hydrogen (secondary N) is 2. The smallest absolute Gasteiger partial charge is 0.255 e. The number of thiazole rings is 1. The van der Waals surface area contributed by atoms with E-state index in [0.29, 0.717) is 21.9 Å². The van der Waals surface area contributed by atoms with Crippen LogP contribution < -0.4 is 10.0 Å². The minimum Gasteiger partial charge on any atom is -0.322 e. The normalized spacial score (nSPS) is 11.3. The van der Waals surface area contributed by atoms with Crippen LogP contribution in [0.15, 0.2) is 48.5 Å². The second-order valence-electron chi connectivity index (χ2n) is 4.90. The number of amides is 1. The molecular weight excluding hydrogens is 334 g/mol. The van der Waals surface area contributed by atoms with Gasteiger partial charge in [-0.2, -0.15) is 0 Å². The molecule has 2 N–H and O–H groups in total. The maximum atomic E-state index is 12.1. The number of hydrogen-bond acceptors (Lipinski definition) is 5. The molecule has 0 aliphatic heterocycles. The van der Waals surface area contributed by atoms with Gasteiger partial charge in [-0.3, -0.25) is 9.52 Å². The molecule has 3 aromatic rings. The maximum Gasteiger partial charge on any atom is 0.255 e. The molecule has 0 saturated heterocycles. The van der Waals surface area contributed by atoms with Crippen molar-refractivity contribution < 1.29 is 13.2 Å². The van der Waals surface area contributed by atoms with Crippen LogP contribution in [0.2, 0.25) is 0 Å². The Bertz CT molecular complexity index is 966. The van der Waals surface area contributed by atoms with Crippen molar-refractivity contribution in [3.63, 3.8) is 0 Å². The summed E-state index contributed by atoms with van der Waals surface area (Å²) in [6, 6.07) is 14.1. The lowest BCUT2D eigenvalue weighted by atomic mass is 10.2. The highest BCUT2D eigenvalue weighted by Crippen LogP contribution is 2.29. The number of fused-ring (bicyclic) bond motifs is 1. The van der Waals surface area contributed by atoms with Crippen molar-refractivity contribution in [1.29, 1.82) is 0 Å². The number of rotatable bonds is 4. The summed E-state index contributed by atoms with van der Waals surface area (Å²) in [6.07, 6.45) is 1.07. The van der Waals surface area contributed by atoms with Crippen LogP contribution in [0.5, 0.6) is 0 Å². The van der Waals surface area contributed by atoms with Gasteiger partial charge >= 0.3 is 0 Å². The molecule has 1 amide bonds. The van der Waals surface area contributed by atoms with Gasteiger partial charge in [-0.25, -0.2) is 13.4 Å². The van der Waals surface area contributed by atoms with Crippen LogP contribution in [0, 0.1) is 0 Å². The predicted molar refractivity (Wildman–Crippen MR) is 92.5 cm³/mol. The third-order valence-electron chi connectivity index (χ3n) is 2.95. The fourth-order valence-corrected chi connectivity index (χ4v) is 3.74. The van der Waals surface area contributed by atoms with Gasteiger partial charge in [0, 0.05) is 11.3 Å². The van der Waals surface area contributed by atoms with Crippen LogP contribution in [0.3, 0.4) is 0 Å². The zero-order chi connectivity index (χ0) is 16.4. The van der Waals surface area contributed by atoms with E-state index in [4.69, 9.17) is 0 Å². The third kappa shape index (κ3) is 3.85. The van der Waals surface area contributed by atoms with Crippen molar-refractivity contribution in [2.24, 2.45) is 0 Å². The van der Waals surface area contributed by atoms with Crippen molar-refractivity contribution in [3.8, 4) is 0 Å². The topological polar surface area (TPSA) is 88.2 Å². The van der Waals surface area contributed by atoms with E-state index < -0.39 is 10.0 Å². The number of hydrogen-bond donors (Lipinski definition) is 2. The van der Waals surface area contributed by atoms with E-state index in [0.717, 1.165) is 11.0 Å². The highest BCUT2D eigenvalue weighted by molar-refractivity contribution is 7.92. The quantitative estimate of drug-likeness (QED) is 0.759. The molecule has 1 heterocycles. The first-order chi connectivity index (χ1) is 10.9. The molecule has 0 bridgehead atoms. The maximum absolute atomic E-state index is 12.1. The van der Waals surface area contributed by atoms with Crippen molar-refractivity contribution in [1.82, 2.24) is 4.98 Å². The third-order valence-corrected chi connectivity index (χ3v) is 4.58. The summed E-state index contributed by atoms with van der Waals surface area (Å²) >= 11 is 1.21. The van der Waals surface area contributed by atoms with Crippen molar-refractivity contribution >= 4 is 48.3 Å². The van der Waals surface area contributed by atoms with E-state index in [1.165, 1.54) is 11.3 Å². The van der Waals surface area contributed by atoms with Crippen LogP contribution in [0.25, 0.3) is 10.2 Å². The fourth-order valence-electron chi connectivity index (χ4n) is 2.00. The Morgan fingerprint density at radius 2 is 1.87 bits per heavy atom. The van der Waals surface area contributed by atoms with Crippen molar-refractivity contribution in [3.05, 3.63) is 54.1 Å². The molecule has 2 aromatic carbocycles. The Morgan fingerprint density at radius 3 is 2.57 bits per heavy atom. The van der Waals surface area contributed by atoms with E-state index >= 15 is 0 Å². The Hall–Kier alpha value is -2.45. The van der Waals surface area contributed by atoms with E-state index in [1.54, 1.807) is 42.5 Å². The summed E-state index contributed by atoms with van der Waals surface area (Å²) in [5.41, 5.74) is 1.86. The second kappa shape index (κ2) is 5.98. The fraction of sp³-hybridized carbons (Fsp3) is 0.0667. The summed E-state index contributed by atoms with van der Waals surface area (Å²) in [5, 5.41) is 3.11. The first kappa shape index (κ1) is 15.4. The first-order valence-corrected chi connectivity index (χ1v) is 9.36. The standard InChI is InChI=1S/C15H13N3O3S2/c1-23(20,21)18-15-17-12-8-7-11(9-13(12)22-15)16-14(19)10-5-3-2-4-6-10/h2-9H,1H3,(H,16,19)(H,17,18). The predicted octanol–water partition coefficient (Wildman–Crippen LogP) is 2.92. The number of nitrogens with zero attached hydrogens (tertiary/aromatic N) is 1. The Labute approximate surface area is 137 Å². The molecule has 0 saturated carbocycles. The van der Waals surface area contributed by atoms with Gasteiger partial charge in [-0.1, -0.05) is 29.5 Å². The molecule has 0 radical (unpaired) electrons. The zero-order valence-electron chi connectivity index (χ0n) is 12.1. The molecule has 6 nitrogen and oxygen atoms in total. The van der Waals surface area contributed by atoms with Gasteiger partial charge in [-0.15, -0.1) is 0 Å². The van der Waals surface area contributed by atoms with Crippen LogP contribution in [-0.2, 0) is 10.0 Å². The number of sulfonamides is 1. The summed E-state index contributed by atoms with van der Waals surface area (Å²) in [4.78, 5) is 16.3. The minimum atomic E-state index is -3.36. The van der Waals surface area contributed by atoms with E-state index in [2.05, 4.69) is 15.0 Å². The molecule has 3 rings (SSSR count). The lowest BCUT2D eigenvalue weighted by Gasteiger charge is -2.04. The van der Waals surface area contributed by atoms with Gasteiger partial charge in [0.15, 0.2) is 5.13 Å². The van der Waals surface area contributed by atoms with Gasteiger partial charge in [0.1, 0.15) is 0 Å². The molecule has 0 fully saturated rings. The number of anilines is 2. The summed E-state index contributed by atoms with van der Waals surface area (Å²) in [6.45, 7) is 0. The molecule has 8 heteroatoms. The van der Waals surface area contributed by atoms with Crippen molar-refractivity contribution in [2.45, 2.75) is 0 Å². The van der Waals surface area contributed by atoms with Crippen LogP contribution in [-0.4, -0.2) is 25.6 Å². The number of carbonyl (C=O) groups excluding carboxylic acids is 1. The van der Waals surface area contributed by atoms with Gasteiger partial charge < -0.3 is 5.32 Å². The van der Waals surface area contributed by atoms with Gasteiger partial charge in [0.05, 0.1) is 16.5 Å². The minimum absolute atomic E-state index is 0.205. The molecular formula is C15H13N3O3S2. The Balaban J connectivity index is 1.84. The van der Waals surface area contributed by atoms with Gasteiger partial charge in [-0.05, 0) is 30.3 Å². The second-order valence-corrected chi connectivity index (χ2v) is 7.68. The number of carbonyl (C=O) groups is 1. The number of aromatic nitrogens is 1. The van der Waals surface area contributed by atoms with Gasteiger partial charge in [0.2, 0.25) is 10.0 Å².